The fourth-order valence-corrected chi connectivity index (χ4v) is 2.86. The molecule has 5 atom stereocenters. The third-order valence-electron chi connectivity index (χ3n) is 4.75. The fraction of sp³-hybridized carbons (Fsp3) is 0.800. The molecule has 5 unspecified atom stereocenters. The Labute approximate surface area is 134 Å². The molecule has 0 spiro atoms. The average Bonchev–Trinajstić information content (AvgIpc) is 2.84. The Morgan fingerprint density at radius 1 is 1.13 bits per heavy atom. The summed E-state index contributed by atoms with van der Waals surface area (Å²) in [6, 6.07) is 0. The second kappa shape index (κ2) is 7.27. The summed E-state index contributed by atoms with van der Waals surface area (Å²) in [5.41, 5.74) is 0. The summed E-state index contributed by atoms with van der Waals surface area (Å²) in [4.78, 5) is 39.0. The minimum atomic E-state index is -1.09. The van der Waals surface area contributed by atoms with Crippen LogP contribution in [-0.4, -0.2) is 49.1 Å². The first-order valence-corrected chi connectivity index (χ1v) is 7.74. The highest BCUT2D eigenvalue weighted by Crippen LogP contribution is 2.35. The van der Waals surface area contributed by atoms with E-state index in [1.165, 1.54) is 0 Å². The van der Waals surface area contributed by atoms with E-state index >= 15 is 0 Å². The Hall–Kier alpha value is -1.67. The number of carbonyl (C=O) groups is 3. The van der Waals surface area contributed by atoms with Crippen molar-refractivity contribution in [3.63, 3.8) is 0 Å². The van der Waals surface area contributed by atoms with E-state index < -0.39 is 18.0 Å². The molecule has 23 heavy (non-hydrogen) atoms. The molecule has 2 rings (SSSR count). The minimum Gasteiger partial charge on any atom is -0.430 e. The van der Waals surface area contributed by atoms with Crippen LogP contribution < -0.4 is 0 Å². The second-order valence-electron chi connectivity index (χ2n) is 6.09. The number of rotatable bonds is 4. The quantitative estimate of drug-likeness (QED) is 0.570. The van der Waals surface area contributed by atoms with E-state index in [1.54, 1.807) is 7.11 Å². The molecule has 0 aromatic rings. The number of methoxy groups -OCH3 is 1. The standard InChI is InChI=1S/C15H23NO7/c1-8-9(2)11(22-14(20-4)10(8)3)7-21-15(19)23-16-12(17)5-6-13(16)18/h8-11,14H,5-7H2,1-4H3. The summed E-state index contributed by atoms with van der Waals surface area (Å²) in [7, 11) is 1.57. The van der Waals surface area contributed by atoms with Crippen molar-refractivity contribution in [1.82, 2.24) is 5.06 Å². The van der Waals surface area contributed by atoms with Gasteiger partial charge in [-0.1, -0.05) is 25.8 Å². The van der Waals surface area contributed by atoms with Crippen molar-refractivity contribution in [1.29, 1.82) is 0 Å². The van der Waals surface area contributed by atoms with Gasteiger partial charge in [0.2, 0.25) is 0 Å². The zero-order chi connectivity index (χ0) is 17.1. The molecule has 2 heterocycles. The fourth-order valence-electron chi connectivity index (χ4n) is 2.86. The van der Waals surface area contributed by atoms with Gasteiger partial charge in [-0.15, -0.1) is 0 Å². The van der Waals surface area contributed by atoms with Crippen LogP contribution in [-0.2, 0) is 28.6 Å². The molecule has 2 fully saturated rings. The third kappa shape index (κ3) is 3.81. The van der Waals surface area contributed by atoms with Crippen molar-refractivity contribution in [2.75, 3.05) is 13.7 Å². The molecule has 0 aromatic carbocycles. The average molecular weight is 329 g/mol. The zero-order valence-electron chi connectivity index (χ0n) is 13.8. The first-order valence-electron chi connectivity index (χ1n) is 7.74. The van der Waals surface area contributed by atoms with E-state index in [0.29, 0.717) is 11.0 Å². The van der Waals surface area contributed by atoms with Crippen molar-refractivity contribution < 1.29 is 33.4 Å². The Morgan fingerprint density at radius 2 is 1.74 bits per heavy atom. The number of imide groups is 1. The van der Waals surface area contributed by atoms with E-state index in [0.717, 1.165) is 0 Å². The summed E-state index contributed by atoms with van der Waals surface area (Å²) in [5.74, 6) is -0.399. The molecule has 0 aliphatic carbocycles. The maximum Gasteiger partial charge on any atom is 0.534 e. The third-order valence-corrected chi connectivity index (χ3v) is 4.75. The number of amides is 2. The smallest absolute Gasteiger partial charge is 0.430 e. The molecule has 0 radical (unpaired) electrons. The monoisotopic (exact) mass is 329 g/mol. The van der Waals surface area contributed by atoms with Crippen LogP contribution in [0.2, 0.25) is 0 Å². The van der Waals surface area contributed by atoms with Gasteiger partial charge in [0.1, 0.15) is 6.61 Å². The highest BCUT2D eigenvalue weighted by Gasteiger charge is 2.40. The largest absolute Gasteiger partial charge is 0.534 e. The summed E-state index contributed by atoms with van der Waals surface area (Å²) in [5, 5.41) is 0.455. The van der Waals surface area contributed by atoms with Crippen LogP contribution >= 0.6 is 0 Å². The molecule has 2 aliphatic heterocycles. The molecule has 130 valence electrons. The lowest BCUT2D eigenvalue weighted by Crippen LogP contribution is -2.47. The molecule has 2 aliphatic rings. The maximum atomic E-state index is 11.7. The van der Waals surface area contributed by atoms with E-state index in [-0.39, 0.29) is 43.7 Å². The Balaban J connectivity index is 1.85. The van der Waals surface area contributed by atoms with Crippen molar-refractivity contribution in [3.8, 4) is 0 Å². The van der Waals surface area contributed by atoms with E-state index in [4.69, 9.17) is 14.2 Å². The van der Waals surface area contributed by atoms with Crippen LogP contribution in [0.15, 0.2) is 0 Å². The molecular formula is C15H23NO7. The normalized spacial score (nSPS) is 34.6. The molecule has 0 N–H and O–H groups in total. The predicted octanol–water partition coefficient (Wildman–Crippen LogP) is 1.48. The van der Waals surface area contributed by atoms with Gasteiger partial charge in [0, 0.05) is 25.9 Å². The lowest BCUT2D eigenvalue weighted by atomic mass is 9.79. The van der Waals surface area contributed by atoms with Gasteiger partial charge in [0.05, 0.1) is 6.10 Å². The summed E-state index contributed by atoms with van der Waals surface area (Å²) in [6.07, 6.45) is -1.72. The van der Waals surface area contributed by atoms with Crippen molar-refractivity contribution >= 4 is 18.0 Å². The van der Waals surface area contributed by atoms with Crippen molar-refractivity contribution in [3.05, 3.63) is 0 Å². The molecule has 0 aromatic heterocycles. The van der Waals surface area contributed by atoms with E-state index in [1.807, 2.05) is 13.8 Å². The van der Waals surface area contributed by atoms with Crippen LogP contribution in [0.4, 0.5) is 4.79 Å². The molecule has 2 amide bonds. The highest BCUT2D eigenvalue weighted by atomic mass is 16.8. The molecule has 0 bridgehead atoms. The maximum absolute atomic E-state index is 11.7. The van der Waals surface area contributed by atoms with Crippen LogP contribution in [0.1, 0.15) is 33.6 Å². The first kappa shape index (κ1) is 17.7. The number of nitrogens with zero attached hydrogens (tertiary/aromatic N) is 1. The van der Waals surface area contributed by atoms with Crippen LogP contribution in [0.3, 0.4) is 0 Å². The van der Waals surface area contributed by atoms with Gasteiger partial charge in [0.15, 0.2) is 6.29 Å². The van der Waals surface area contributed by atoms with Gasteiger partial charge in [-0.2, -0.15) is 0 Å². The van der Waals surface area contributed by atoms with Crippen LogP contribution in [0, 0.1) is 17.8 Å². The Morgan fingerprint density at radius 3 is 2.30 bits per heavy atom. The van der Waals surface area contributed by atoms with Gasteiger partial charge in [0.25, 0.3) is 11.8 Å². The summed E-state index contributed by atoms with van der Waals surface area (Å²) < 4.78 is 16.1. The highest BCUT2D eigenvalue weighted by molar-refractivity contribution is 6.01. The second-order valence-corrected chi connectivity index (χ2v) is 6.09. The lowest BCUT2D eigenvalue weighted by molar-refractivity contribution is -0.246. The van der Waals surface area contributed by atoms with E-state index in [2.05, 4.69) is 11.8 Å². The van der Waals surface area contributed by atoms with Crippen molar-refractivity contribution in [2.45, 2.75) is 46.0 Å². The van der Waals surface area contributed by atoms with Gasteiger partial charge in [-0.3, -0.25) is 14.4 Å². The topological polar surface area (TPSA) is 91.4 Å². The Bertz CT molecular complexity index is 462. The summed E-state index contributed by atoms with van der Waals surface area (Å²) >= 11 is 0. The molecule has 8 nitrogen and oxygen atoms in total. The van der Waals surface area contributed by atoms with Crippen molar-refractivity contribution in [2.24, 2.45) is 17.8 Å². The minimum absolute atomic E-state index is 0.0346. The number of hydroxylamine groups is 2. The summed E-state index contributed by atoms with van der Waals surface area (Å²) in [6.45, 7) is 6.12. The number of carbonyl (C=O) groups excluding carboxylic acids is 3. The SMILES string of the molecule is COC1OC(COC(=O)ON2C(=O)CCC2=O)C(C)C(C)C1C. The zero-order valence-corrected chi connectivity index (χ0v) is 13.8. The van der Waals surface area contributed by atoms with Gasteiger partial charge in [-0.05, 0) is 11.8 Å². The Kier molecular flexibility index (Phi) is 5.59. The number of hydrogen-bond donors (Lipinski definition) is 0. The van der Waals surface area contributed by atoms with Crippen LogP contribution in [0.25, 0.3) is 0 Å². The number of hydrogen-bond acceptors (Lipinski definition) is 7. The number of ether oxygens (including phenoxy) is 3. The van der Waals surface area contributed by atoms with Crippen LogP contribution in [0.5, 0.6) is 0 Å². The molecule has 2 saturated heterocycles. The predicted molar refractivity (Wildman–Crippen MR) is 76.7 cm³/mol. The van der Waals surface area contributed by atoms with E-state index in [9.17, 15) is 14.4 Å². The molecule has 0 saturated carbocycles. The molecular weight excluding hydrogens is 306 g/mol. The van der Waals surface area contributed by atoms with Gasteiger partial charge in [-0.25, -0.2) is 4.79 Å². The lowest BCUT2D eigenvalue weighted by Gasteiger charge is -2.42. The van der Waals surface area contributed by atoms with Gasteiger partial charge >= 0.3 is 6.16 Å². The van der Waals surface area contributed by atoms with Gasteiger partial charge < -0.3 is 14.2 Å². The first-order chi connectivity index (χ1) is 10.8. The molecule has 8 heteroatoms.